The quantitative estimate of drug-likeness (QED) is 0.719. The van der Waals surface area contributed by atoms with E-state index in [1.807, 2.05) is 18.5 Å². The van der Waals surface area contributed by atoms with Gasteiger partial charge in [0.2, 0.25) is 0 Å². The van der Waals surface area contributed by atoms with Crippen LogP contribution in [0.5, 0.6) is 0 Å². The van der Waals surface area contributed by atoms with E-state index in [4.69, 9.17) is 23.2 Å². The van der Waals surface area contributed by atoms with Crippen LogP contribution in [0.25, 0.3) is 0 Å². The van der Waals surface area contributed by atoms with E-state index >= 15 is 0 Å². The molecule has 1 aliphatic rings. The van der Waals surface area contributed by atoms with Crippen LogP contribution < -0.4 is 0 Å². The van der Waals surface area contributed by atoms with Crippen LogP contribution in [0.4, 0.5) is 5.69 Å². The molecule has 2 rings (SSSR count). The third-order valence-electron chi connectivity index (χ3n) is 2.26. The number of benzene rings is 1. The molecule has 1 heterocycles. The fourth-order valence-corrected chi connectivity index (χ4v) is 1.77. The summed E-state index contributed by atoms with van der Waals surface area (Å²) in [5, 5.41) is 1.16. The van der Waals surface area contributed by atoms with Crippen molar-refractivity contribution in [3.63, 3.8) is 0 Å². The van der Waals surface area contributed by atoms with Gasteiger partial charge >= 0.3 is 0 Å². The molecule has 0 amide bonds. The van der Waals surface area contributed by atoms with Gasteiger partial charge in [-0.2, -0.15) is 0 Å². The molecule has 0 N–H and O–H groups in total. The zero-order valence-electron chi connectivity index (χ0n) is 7.80. The normalized spacial score (nSPS) is 14.4. The van der Waals surface area contributed by atoms with Crippen LogP contribution in [0, 0.1) is 0 Å². The molecule has 0 unspecified atom stereocenters. The van der Waals surface area contributed by atoms with E-state index in [2.05, 4.69) is 16.8 Å². The molecule has 0 aromatic heterocycles. The van der Waals surface area contributed by atoms with Crippen molar-refractivity contribution in [1.29, 1.82) is 0 Å². The molecule has 0 aliphatic carbocycles. The lowest BCUT2D eigenvalue weighted by atomic mass is 10.1. The van der Waals surface area contributed by atoms with Crippen LogP contribution in [0.15, 0.2) is 17.1 Å². The first-order chi connectivity index (χ1) is 6.70. The molecule has 0 fully saturated rings. The van der Waals surface area contributed by atoms with Gasteiger partial charge < -0.3 is 4.90 Å². The molecule has 4 heteroatoms. The average molecular weight is 229 g/mol. The summed E-state index contributed by atoms with van der Waals surface area (Å²) >= 11 is 11.8. The van der Waals surface area contributed by atoms with E-state index < -0.39 is 0 Å². The van der Waals surface area contributed by atoms with Crippen LogP contribution in [-0.2, 0) is 6.54 Å². The predicted molar refractivity (Wildman–Crippen MR) is 60.7 cm³/mol. The van der Waals surface area contributed by atoms with Crippen molar-refractivity contribution in [2.45, 2.75) is 13.5 Å². The Morgan fingerprint density at radius 3 is 2.79 bits per heavy atom. The average Bonchev–Trinajstić information content (AvgIpc) is 2.19. The maximum absolute atomic E-state index is 5.93. The zero-order chi connectivity index (χ0) is 10.1. The van der Waals surface area contributed by atoms with Crippen molar-refractivity contribution in [1.82, 2.24) is 4.90 Å². The second-order valence-corrected chi connectivity index (χ2v) is 4.02. The van der Waals surface area contributed by atoms with Crippen LogP contribution >= 0.6 is 23.2 Å². The Labute approximate surface area is 93.1 Å². The summed E-state index contributed by atoms with van der Waals surface area (Å²) in [6.07, 6.45) is 1.84. The minimum Gasteiger partial charge on any atom is -0.358 e. The molecule has 0 radical (unpaired) electrons. The van der Waals surface area contributed by atoms with E-state index in [9.17, 15) is 0 Å². The second-order valence-electron chi connectivity index (χ2n) is 3.20. The third-order valence-corrected chi connectivity index (χ3v) is 2.98. The first-order valence-corrected chi connectivity index (χ1v) is 5.22. The van der Waals surface area contributed by atoms with Crippen molar-refractivity contribution < 1.29 is 0 Å². The lowest BCUT2D eigenvalue weighted by Gasteiger charge is -2.22. The van der Waals surface area contributed by atoms with Gasteiger partial charge in [-0.1, -0.05) is 23.2 Å². The van der Waals surface area contributed by atoms with Gasteiger partial charge in [0.25, 0.3) is 0 Å². The zero-order valence-corrected chi connectivity index (χ0v) is 9.31. The van der Waals surface area contributed by atoms with E-state index in [-0.39, 0.29) is 0 Å². The summed E-state index contributed by atoms with van der Waals surface area (Å²) in [5.41, 5.74) is 2.05. The first kappa shape index (κ1) is 9.81. The van der Waals surface area contributed by atoms with Gasteiger partial charge in [0.15, 0.2) is 0 Å². The highest BCUT2D eigenvalue weighted by atomic mass is 35.5. The highest BCUT2D eigenvalue weighted by Crippen LogP contribution is 2.32. The van der Waals surface area contributed by atoms with Gasteiger partial charge in [-0.05, 0) is 24.6 Å². The van der Waals surface area contributed by atoms with Gasteiger partial charge in [0.05, 0.1) is 22.1 Å². The number of nitrogens with zero attached hydrogens (tertiary/aromatic N) is 2. The number of aliphatic imine (C=N–C) groups is 1. The molecular formula is C10H10Cl2N2. The van der Waals surface area contributed by atoms with Crippen molar-refractivity contribution >= 4 is 35.2 Å². The topological polar surface area (TPSA) is 15.6 Å². The highest BCUT2D eigenvalue weighted by Gasteiger charge is 2.12. The Kier molecular flexibility index (Phi) is 2.66. The van der Waals surface area contributed by atoms with Gasteiger partial charge in [-0.3, -0.25) is 0 Å². The maximum atomic E-state index is 5.93. The van der Waals surface area contributed by atoms with Gasteiger partial charge in [-0.15, -0.1) is 0 Å². The highest BCUT2D eigenvalue weighted by molar-refractivity contribution is 6.42. The summed E-state index contributed by atoms with van der Waals surface area (Å²) < 4.78 is 0. The maximum Gasteiger partial charge on any atom is 0.0915 e. The molecule has 1 aromatic carbocycles. The van der Waals surface area contributed by atoms with Crippen molar-refractivity contribution in [2.24, 2.45) is 4.99 Å². The predicted octanol–water partition coefficient (Wildman–Crippen LogP) is 3.49. The smallest absolute Gasteiger partial charge is 0.0915 e. The van der Waals surface area contributed by atoms with Gasteiger partial charge in [0, 0.05) is 13.1 Å². The van der Waals surface area contributed by atoms with Gasteiger partial charge in [-0.25, -0.2) is 4.99 Å². The minimum absolute atomic E-state index is 0.563. The van der Waals surface area contributed by atoms with Gasteiger partial charge in [0.1, 0.15) is 0 Å². The van der Waals surface area contributed by atoms with E-state index in [0.717, 1.165) is 24.3 Å². The molecule has 74 valence electrons. The first-order valence-electron chi connectivity index (χ1n) is 4.47. The summed E-state index contributed by atoms with van der Waals surface area (Å²) in [6, 6.07) is 3.70. The summed E-state index contributed by atoms with van der Waals surface area (Å²) in [6.45, 7) is 3.89. The number of fused-ring (bicyclic) bond motifs is 1. The molecule has 0 atom stereocenters. The van der Waals surface area contributed by atoms with Crippen molar-refractivity contribution in [2.75, 3.05) is 6.54 Å². The Morgan fingerprint density at radius 2 is 2.07 bits per heavy atom. The number of rotatable bonds is 1. The monoisotopic (exact) mass is 228 g/mol. The lowest BCUT2D eigenvalue weighted by Crippen LogP contribution is -2.23. The van der Waals surface area contributed by atoms with Crippen LogP contribution in [0.2, 0.25) is 10.0 Å². The molecule has 1 aliphatic heterocycles. The minimum atomic E-state index is 0.563. The Hall–Kier alpha value is -0.730. The standard InChI is InChI=1S/C10H10Cl2N2/c1-2-14-5-7-3-8(11)9(12)4-10(7)13-6-14/h3-4,6H,2,5H2,1H3. The van der Waals surface area contributed by atoms with E-state index in [1.54, 1.807) is 0 Å². The lowest BCUT2D eigenvalue weighted by molar-refractivity contribution is 0.443. The Balaban J connectivity index is 2.41. The number of hydrogen-bond acceptors (Lipinski definition) is 2. The molecule has 0 saturated carbocycles. The number of hydrogen-bond donors (Lipinski definition) is 0. The number of halogens is 2. The SMILES string of the molecule is CCN1C=Nc2cc(Cl)c(Cl)cc2C1. The summed E-state index contributed by atoms with van der Waals surface area (Å²) in [7, 11) is 0. The summed E-state index contributed by atoms with van der Waals surface area (Å²) in [5.74, 6) is 0. The third kappa shape index (κ3) is 1.72. The molecule has 0 bridgehead atoms. The fraction of sp³-hybridized carbons (Fsp3) is 0.300. The second kappa shape index (κ2) is 3.79. The van der Waals surface area contributed by atoms with Crippen LogP contribution in [0.1, 0.15) is 12.5 Å². The Bertz CT molecular complexity index is 388. The molecule has 1 aromatic rings. The molecule has 0 saturated heterocycles. The van der Waals surface area contributed by atoms with Crippen LogP contribution in [0.3, 0.4) is 0 Å². The molecule has 0 spiro atoms. The molecular weight excluding hydrogens is 219 g/mol. The largest absolute Gasteiger partial charge is 0.358 e. The van der Waals surface area contributed by atoms with Crippen LogP contribution in [-0.4, -0.2) is 17.8 Å². The van der Waals surface area contributed by atoms with E-state index in [1.165, 1.54) is 0 Å². The fourth-order valence-electron chi connectivity index (χ4n) is 1.42. The Morgan fingerprint density at radius 1 is 1.36 bits per heavy atom. The van der Waals surface area contributed by atoms with E-state index in [0.29, 0.717) is 10.0 Å². The summed E-state index contributed by atoms with van der Waals surface area (Å²) in [4.78, 5) is 6.42. The van der Waals surface area contributed by atoms with Crippen molar-refractivity contribution in [3.05, 3.63) is 27.7 Å². The molecule has 14 heavy (non-hydrogen) atoms. The molecule has 2 nitrogen and oxygen atoms in total. The van der Waals surface area contributed by atoms with Crippen molar-refractivity contribution in [3.8, 4) is 0 Å².